The molecule has 0 unspecified atom stereocenters. The summed E-state index contributed by atoms with van der Waals surface area (Å²) in [6, 6.07) is 1.34. The van der Waals surface area contributed by atoms with Crippen molar-refractivity contribution in [2.24, 2.45) is 0 Å². The first kappa shape index (κ1) is 12.8. The van der Waals surface area contributed by atoms with Crippen LogP contribution in [0.4, 0.5) is 18.9 Å². The van der Waals surface area contributed by atoms with E-state index in [4.69, 9.17) is 11.6 Å². The molecule has 0 aromatic carbocycles. The van der Waals surface area contributed by atoms with Gasteiger partial charge < -0.3 is 5.32 Å². The monoisotopic (exact) mass is 252 g/mol. The number of halogens is 4. The molecule has 0 aliphatic heterocycles. The second-order valence-electron chi connectivity index (χ2n) is 3.10. The van der Waals surface area contributed by atoms with Crippen LogP contribution in [0.1, 0.15) is 12.1 Å². The fourth-order valence-electron chi connectivity index (χ4n) is 1.02. The molecule has 0 saturated carbocycles. The number of rotatable bonds is 2. The third kappa shape index (κ3) is 3.69. The van der Waals surface area contributed by atoms with Gasteiger partial charge in [0.1, 0.15) is 6.42 Å². The van der Waals surface area contributed by atoms with Crippen molar-refractivity contribution in [2.75, 3.05) is 5.32 Å². The van der Waals surface area contributed by atoms with E-state index in [2.05, 4.69) is 10.3 Å². The molecule has 7 heteroatoms. The van der Waals surface area contributed by atoms with Crippen LogP contribution in [0.3, 0.4) is 0 Å². The third-order valence-electron chi connectivity index (χ3n) is 1.70. The summed E-state index contributed by atoms with van der Waals surface area (Å²) < 4.78 is 35.6. The molecule has 0 bridgehead atoms. The number of carbonyl (C=O) groups is 1. The second-order valence-corrected chi connectivity index (χ2v) is 3.48. The summed E-state index contributed by atoms with van der Waals surface area (Å²) in [6.07, 6.45) is -4.71. The van der Waals surface area contributed by atoms with Gasteiger partial charge in [-0.1, -0.05) is 11.6 Å². The van der Waals surface area contributed by atoms with Crippen LogP contribution in [0, 0.1) is 6.92 Å². The Labute approximate surface area is 94.6 Å². The average molecular weight is 253 g/mol. The Kier molecular flexibility index (Phi) is 3.74. The molecule has 1 rings (SSSR count). The van der Waals surface area contributed by atoms with E-state index >= 15 is 0 Å². The number of nitrogens with zero attached hydrogens (tertiary/aromatic N) is 1. The summed E-state index contributed by atoms with van der Waals surface area (Å²) >= 11 is 5.75. The van der Waals surface area contributed by atoms with Crippen molar-refractivity contribution in [3.63, 3.8) is 0 Å². The van der Waals surface area contributed by atoms with Crippen LogP contribution >= 0.6 is 11.6 Å². The van der Waals surface area contributed by atoms with E-state index in [1.807, 2.05) is 0 Å². The number of alkyl halides is 3. The Morgan fingerprint density at radius 2 is 2.19 bits per heavy atom. The highest BCUT2D eigenvalue weighted by atomic mass is 35.5. The maximum absolute atomic E-state index is 11.9. The molecule has 0 aliphatic carbocycles. The zero-order valence-electron chi connectivity index (χ0n) is 8.23. The highest BCUT2D eigenvalue weighted by Crippen LogP contribution is 2.25. The number of nitrogens with one attached hydrogen (secondary N) is 1. The van der Waals surface area contributed by atoms with E-state index in [0.717, 1.165) is 0 Å². The predicted octanol–water partition coefficient (Wildman–Crippen LogP) is 2.93. The summed E-state index contributed by atoms with van der Waals surface area (Å²) in [5.41, 5.74) is 0.565. The van der Waals surface area contributed by atoms with Crippen molar-refractivity contribution in [1.29, 1.82) is 0 Å². The summed E-state index contributed by atoms with van der Waals surface area (Å²) in [7, 11) is 0. The smallest absolute Gasteiger partial charge is 0.324 e. The van der Waals surface area contributed by atoms with Gasteiger partial charge in [0.2, 0.25) is 5.91 Å². The van der Waals surface area contributed by atoms with Crippen molar-refractivity contribution in [1.82, 2.24) is 4.98 Å². The molecule has 0 saturated heterocycles. The number of aryl methyl sites for hydroxylation is 1. The number of hydrogen-bond donors (Lipinski definition) is 1. The molecule has 16 heavy (non-hydrogen) atoms. The summed E-state index contributed by atoms with van der Waals surface area (Å²) in [5, 5.41) is 2.21. The van der Waals surface area contributed by atoms with Crippen molar-refractivity contribution in [3.8, 4) is 0 Å². The van der Waals surface area contributed by atoms with Crippen LogP contribution in [0.25, 0.3) is 0 Å². The van der Waals surface area contributed by atoms with Gasteiger partial charge >= 0.3 is 6.18 Å². The number of carbonyl (C=O) groups excluding carboxylic acids is 1. The number of anilines is 1. The number of amides is 1. The zero-order chi connectivity index (χ0) is 12.3. The first-order valence-corrected chi connectivity index (χ1v) is 4.65. The van der Waals surface area contributed by atoms with Crippen molar-refractivity contribution in [2.45, 2.75) is 19.5 Å². The van der Waals surface area contributed by atoms with E-state index in [9.17, 15) is 18.0 Å². The summed E-state index contributed by atoms with van der Waals surface area (Å²) in [5.74, 6) is -1.15. The van der Waals surface area contributed by atoms with Crippen LogP contribution in [-0.2, 0) is 4.79 Å². The maximum Gasteiger partial charge on any atom is 0.397 e. The zero-order valence-corrected chi connectivity index (χ0v) is 8.99. The van der Waals surface area contributed by atoms with E-state index in [1.54, 1.807) is 6.92 Å². The van der Waals surface area contributed by atoms with Crippen LogP contribution < -0.4 is 5.32 Å². The van der Waals surface area contributed by atoms with Gasteiger partial charge in [-0.3, -0.25) is 9.78 Å². The average Bonchev–Trinajstić information content (AvgIpc) is 2.09. The lowest BCUT2D eigenvalue weighted by Crippen LogP contribution is -2.21. The quantitative estimate of drug-likeness (QED) is 0.879. The molecule has 1 amide bonds. The SMILES string of the molecule is Cc1nccc(NC(=O)CC(F)(F)F)c1Cl. The normalized spacial score (nSPS) is 11.3. The number of hydrogen-bond acceptors (Lipinski definition) is 2. The van der Waals surface area contributed by atoms with Crippen molar-refractivity contribution >= 4 is 23.2 Å². The van der Waals surface area contributed by atoms with Crippen LogP contribution in [0.5, 0.6) is 0 Å². The minimum atomic E-state index is -4.53. The topological polar surface area (TPSA) is 42.0 Å². The standard InChI is InChI=1S/C9H8ClF3N2O/c1-5-8(10)6(2-3-14-5)15-7(16)4-9(11,12)13/h2-3H,4H2,1H3,(H,14,15,16). The molecule has 0 spiro atoms. The summed E-state index contributed by atoms with van der Waals surface area (Å²) in [6.45, 7) is 1.59. The van der Waals surface area contributed by atoms with Crippen molar-refractivity contribution < 1.29 is 18.0 Å². The lowest BCUT2D eigenvalue weighted by Gasteiger charge is -2.09. The molecular formula is C9H8ClF3N2O. The summed E-state index contributed by atoms with van der Waals surface area (Å²) in [4.78, 5) is 14.8. The lowest BCUT2D eigenvalue weighted by atomic mass is 10.3. The highest BCUT2D eigenvalue weighted by Gasteiger charge is 2.31. The predicted molar refractivity (Wildman–Crippen MR) is 53.3 cm³/mol. The molecule has 88 valence electrons. The van der Waals surface area contributed by atoms with Gasteiger partial charge in [0, 0.05) is 6.20 Å². The molecule has 1 aromatic rings. The Balaban J connectivity index is 2.74. The van der Waals surface area contributed by atoms with Crippen LogP contribution in [0.15, 0.2) is 12.3 Å². The van der Waals surface area contributed by atoms with Gasteiger partial charge in [0.05, 0.1) is 16.4 Å². The molecular weight excluding hydrogens is 245 g/mol. The van der Waals surface area contributed by atoms with Gasteiger partial charge in [-0.25, -0.2) is 0 Å². The van der Waals surface area contributed by atoms with E-state index in [0.29, 0.717) is 5.69 Å². The molecule has 3 nitrogen and oxygen atoms in total. The number of pyridine rings is 1. The van der Waals surface area contributed by atoms with Gasteiger partial charge in [-0.15, -0.1) is 0 Å². The fraction of sp³-hybridized carbons (Fsp3) is 0.333. The third-order valence-corrected chi connectivity index (χ3v) is 2.18. The molecule has 0 atom stereocenters. The molecule has 0 aliphatic rings. The number of aromatic nitrogens is 1. The maximum atomic E-state index is 11.9. The Morgan fingerprint density at radius 3 is 2.75 bits per heavy atom. The van der Waals surface area contributed by atoms with Crippen molar-refractivity contribution in [3.05, 3.63) is 23.0 Å². The molecule has 0 fully saturated rings. The van der Waals surface area contributed by atoms with E-state index in [-0.39, 0.29) is 10.7 Å². The molecule has 1 aromatic heterocycles. The first-order chi connectivity index (χ1) is 7.29. The highest BCUT2D eigenvalue weighted by molar-refractivity contribution is 6.34. The largest absolute Gasteiger partial charge is 0.397 e. The Morgan fingerprint density at radius 1 is 1.56 bits per heavy atom. The second kappa shape index (κ2) is 4.69. The van der Waals surface area contributed by atoms with Gasteiger partial charge in [0.25, 0.3) is 0 Å². The van der Waals surface area contributed by atoms with E-state index in [1.165, 1.54) is 12.3 Å². The Bertz CT molecular complexity index is 406. The minimum absolute atomic E-state index is 0.128. The minimum Gasteiger partial charge on any atom is -0.324 e. The fourth-order valence-corrected chi connectivity index (χ4v) is 1.18. The molecule has 1 N–H and O–H groups in total. The van der Waals surface area contributed by atoms with Crippen LogP contribution in [0.2, 0.25) is 5.02 Å². The Hall–Kier alpha value is -1.30. The molecule has 1 heterocycles. The van der Waals surface area contributed by atoms with E-state index < -0.39 is 18.5 Å². The molecule has 0 radical (unpaired) electrons. The van der Waals surface area contributed by atoms with Crippen LogP contribution in [-0.4, -0.2) is 17.1 Å². The first-order valence-electron chi connectivity index (χ1n) is 4.27. The van der Waals surface area contributed by atoms with Gasteiger partial charge in [0.15, 0.2) is 0 Å². The van der Waals surface area contributed by atoms with Gasteiger partial charge in [-0.2, -0.15) is 13.2 Å². The lowest BCUT2D eigenvalue weighted by molar-refractivity contribution is -0.150. The van der Waals surface area contributed by atoms with Gasteiger partial charge in [-0.05, 0) is 13.0 Å².